The van der Waals surface area contributed by atoms with Crippen molar-refractivity contribution >= 4 is 17.6 Å². The van der Waals surface area contributed by atoms with Crippen LogP contribution in [-0.4, -0.2) is 0 Å². The molecule has 0 aliphatic carbocycles. The van der Waals surface area contributed by atoms with Gasteiger partial charge in [-0.25, -0.2) is 0 Å². The molecule has 0 atom stereocenters. The number of anilines is 1. The molecule has 0 radical (unpaired) electrons. The summed E-state index contributed by atoms with van der Waals surface area (Å²) in [5.74, 6) is 0. The number of fused-ring (bicyclic) bond motifs is 1. The molecule has 0 saturated carbocycles. The van der Waals surface area contributed by atoms with Crippen molar-refractivity contribution in [1.82, 2.24) is 4.83 Å². The van der Waals surface area contributed by atoms with E-state index in [4.69, 9.17) is 0 Å². The molecule has 0 spiro atoms. The Labute approximate surface area is 57.8 Å². The van der Waals surface area contributed by atoms with Crippen molar-refractivity contribution in [1.29, 1.82) is 0 Å². The third-order valence-electron chi connectivity index (χ3n) is 1.23. The van der Waals surface area contributed by atoms with Crippen LogP contribution in [0.1, 0.15) is 0 Å². The van der Waals surface area contributed by atoms with Crippen molar-refractivity contribution in [2.75, 3.05) is 5.43 Å². The fourth-order valence-electron chi connectivity index (χ4n) is 0.794. The molecule has 2 nitrogen and oxygen atoms in total. The second-order valence-electron chi connectivity index (χ2n) is 1.83. The van der Waals surface area contributed by atoms with Crippen molar-refractivity contribution in [2.45, 2.75) is 4.90 Å². The SMILES string of the molecule is c1ccc2c(c1)NNS2. The summed E-state index contributed by atoms with van der Waals surface area (Å²) in [4.78, 5) is 4.22. The lowest BCUT2D eigenvalue weighted by atomic mass is 10.3. The van der Waals surface area contributed by atoms with E-state index in [0.717, 1.165) is 0 Å². The third kappa shape index (κ3) is 0.781. The lowest BCUT2D eigenvalue weighted by Gasteiger charge is -1.91. The number of hydrogen-bond acceptors (Lipinski definition) is 3. The van der Waals surface area contributed by atoms with Crippen molar-refractivity contribution in [3.8, 4) is 0 Å². The predicted octanol–water partition coefficient (Wildman–Crippen LogP) is 1.62. The maximum atomic E-state index is 3.01. The molecule has 2 N–H and O–H groups in total. The molecule has 0 fully saturated rings. The molecule has 1 aromatic carbocycles. The van der Waals surface area contributed by atoms with Gasteiger partial charge in [-0.2, -0.15) is 4.83 Å². The second-order valence-corrected chi connectivity index (χ2v) is 2.67. The zero-order valence-electron chi connectivity index (χ0n) is 4.72. The van der Waals surface area contributed by atoms with Crippen LogP contribution in [0.5, 0.6) is 0 Å². The van der Waals surface area contributed by atoms with Gasteiger partial charge in [0.05, 0.1) is 5.69 Å². The Morgan fingerprint density at radius 3 is 3.00 bits per heavy atom. The highest BCUT2D eigenvalue weighted by molar-refractivity contribution is 7.98. The van der Waals surface area contributed by atoms with E-state index in [-0.39, 0.29) is 0 Å². The summed E-state index contributed by atoms with van der Waals surface area (Å²) in [6, 6.07) is 8.16. The number of para-hydroxylation sites is 1. The molecule has 46 valence electrons. The Balaban J connectivity index is 2.54. The Kier molecular flexibility index (Phi) is 1.10. The molecule has 0 bridgehead atoms. The topological polar surface area (TPSA) is 24.1 Å². The highest BCUT2D eigenvalue weighted by atomic mass is 32.2. The summed E-state index contributed by atoms with van der Waals surface area (Å²) in [7, 11) is 0. The van der Waals surface area contributed by atoms with Gasteiger partial charge >= 0.3 is 0 Å². The second kappa shape index (κ2) is 1.93. The van der Waals surface area contributed by atoms with E-state index in [1.165, 1.54) is 10.6 Å². The standard InChI is InChI=1S/C6H6N2S/c1-2-4-6-5(3-1)7-8-9-6/h1-4,7-8H. The first kappa shape index (κ1) is 5.14. The summed E-state index contributed by atoms with van der Waals surface area (Å²) in [5.41, 5.74) is 4.18. The minimum atomic E-state index is 1.17. The molecule has 1 aliphatic rings. The zero-order valence-corrected chi connectivity index (χ0v) is 5.53. The smallest absolute Gasteiger partial charge is 0.0646 e. The Bertz CT molecular complexity index is 201. The van der Waals surface area contributed by atoms with Gasteiger partial charge in [0.2, 0.25) is 0 Å². The van der Waals surface area contributed by atoms with Crippen molar-refractivity contribution in [2.24, 2.45) is 0 Å². The first-order valence-corrected chi connectivity index (χ1v) is 3.55. The Morgan fingerprint density at radius 2 is 2.11 bits per heavy atom. The molecule has 1 aliphatic heterocycles. The first-order chi connectivity index (χ1) is 4.47. The van der Waals surface area contributed by atoms with Crippen LogP contribution in [0.15, 0.2) is 29.2 Å². The maximum Gasteiger partial charge on any atom is 0.0646 e. The fourth-order valence-corrected chi connectivity index (χ4v) is 1.44. The summed E-state index contributed by atoms with van der Waals surface area (Å²) in [6.45, 7) is 0. The van der Waals surface area contributed by atoms with Gasteiger partial charge in [-0.15, -0.1) is 0 Å². The van der Waals surface area contributed by atoms with Crippen LogP contribution in [0.3, 0.4) is 0 Å². The van der Waals surface area contributed by atoms with E-state index in [2.05, 4.69) is 16.3 Å². The molecule has 1 aromatic rings. The van der Waals surface area contributed by atoms with E-state index in [1.807, 2.05) is 18.2 Å². The summed E-state index contributed by atoms with van der Waals surface area (Å²) >= 11 is 1.61. The van der Waals surface area contributed by atoms with Crippen LogP contribution in [0.4, 0.5) is 5.69 Å². The average Bonchev–Trinajstić information content (AvgIpc) is 2.33. The molecular weight excluding hydrogens is 132 g/mol. The number of rotatable bonds is 0. The van der Waals surface area contributed by atoms with Crippen molar-refractivity contribution in [3.63, 3.8) is 0 Å². The van der Waals surface area contributed by atoms with Crippen LogP contribution < -0.4 is 10.3 Å². The quantitative estimate of drug-likeness (QED) is 0.533. The van der Waals surface area contributed by atoms with Gasteiger partial charge in [-0.05, 0) is 24.1 Å². The molecule has 0 amide bonds. The largest absolute Gasteiger partial charge is 0.310 e. The van der Waals surface area contributed by atoms with E-state index in [0.29, 0.717) is 0 Å². The Morgan fingerprint density at radius 1 is 1.22 bits per heavy atom. The predicted molar refractivity (Wildman–Crippen MR) is 39.1 cm³/mol. The van der Waals surface area contributed by atoms with Crippen LogP contribution >= 0.6 is 11.9 Å². The normalized spacial score (nSPS) is 14.7. The van der Waals surface area contributed by atoms with E-state index in [1.54, 1.807) is 11.9 Å². The fraction of sp³-hybridized carbons (Fsp3) is 0. The summed E-state index contributed by atoms with van der Waals surface area (Å²) in [5, 5.41) is 0. The van der Waals surface area contributed by atoms with Gasteiger partial charge in [-0.1, -0.05) is 12.1 Å². The lowest BCUT2D eigenvalue weighted by Crippen LogP contribution is -2.04. The zero-order chi connectivity index (χ0) is 6.10. The number of benzene rings is 1. The summed E-state index contributed by atoms with van der Waals surface area (Å²) in [6.07, 6.45) is 0. The average molecular weight is 138 g/mol. The molecule has 2 rings (SSSR count). The number of hydrazine groups is 1. The Hall–Kier alpha value is -0.670. The highest BCUT2D eigenvalue weighted by Crippen LogP contribution is 2.28. The van der Waals surface area contributed by atoms with E-state index >= 15 is 0 Å². The van der Waals surface area contributed by atoms with Crippen LogP contribution in [-0.2, 0) is 0 Å². The number of hydrogen-bond donors (Lipinski definition) is 2. The number of nitrogens with one attached hydrogen (secondary N) is 2. The molecule has 0 aromatic heterocycles. The van der Waals surface area contributed by atoms with Crippen molar-refractivity contribution < 1.29 is 0 Å². The van der Waals surface area contributed by atoms with Gasteiger partial charge in [0.15, 0.2) is 0 Å². The maximum absolute atomic E-state index is 3.01. The van der Waals surface area contributed by atoms with Gasteiger partial charge in [0.25, 0.3) is 0 Å². The minimum absolute atomic E-state index is 1.17. The summed E-state index contributed by atoms with van der Waals surface area (Å²) < 4.78 is 0. The minimum Gasteiger partial charge on any atom is -0.310 e. The molecule has 0 unspecified atom stereocenters. The molecule has 3 heteroatoms. The van der Waals surface area contributed by atoms with Gasteiger partial charge in [0.1, 0.15) is 0 Å². The van der Waals surface area contributed by atoms with Crippen LogP contribution in [0, 0.1) is 0 Å². The van der Waals surface area contributed by atoms with E-state index < -0.39 is 0 Å². The molecule has 9 heavy (non-hydrogen) atoms. The highest BCUT2D eigenvalue weighted by Gasteiger charge is 2.06. The molecule has 0 saturated heterocycles. The molecule has 1 heterocycles. The van der Waals surface area contributed by atoms with Crippen molar-refractivity contribution in [3.05, 3.63) is 24.3 Å². The third-order valence-corrected chi connectivity index (χ3v) is 2.01. The van der Waals surface area contributed by atoms with Crippen LogP contribution in [0.2, 0.25) is 0 Å². The first-order valence-electron chi connectivity index (χ1n) is 2.74. The van der Waals surface area contributed by atoms with Gasteiger partial charge in [-0.3, -0.25) is 0 Å². The monoisotopic (exact) mass is 138 g/mol. The molecular formula is C6H6N2S. The van der Waals surface area contributed by atoms with E-state index in [9.17, 15) is 0 Å². The lowest BCUT2D eigenvalue weighted by molar-refractivity contribution is 1.25. The van der Waals surface area contributed by atoms with Gasteiger partial charge in [0, 0.05) is 4.90 Å². The van der Waals surface area contributed by atoms with Gasteiger partial charge < -0.3 is 5.43 Å². The van der Waals surface area contributed by atoms with Crippen LogP contribution in [0.25, 0.3) is 0 Å².